The third-order valence-electron chi connectivity index (χ3n) is 3.38. The number of nitrogens with zero attached hydrogens (tertiary/aromatic N) is 1. The van der Waals surface area contributed by atoms with E-state index in [2.05, 4.69) is 46.7 Å². The fraction of sp³-hybridized carbons (Fsp3) is 0.600. The van der Waals surface area contributed by atoms with Crippen LogP contribution in [0.5, 0.6) is 5.75 Å². The summed E-state index contributed by atoms with van der Waals surface area (Å²) in [6, 6.07) is 4.04. The molecule has 0 saturated heterocycles. The summed E-state index contributed by atoms with van der Waals surface area (Å²) in [5, 5.41) is 13.4. The predicted molar refractivity (Wildman–Crippen MR) is 104 cm³/mol. The Morgan fingerprint density at radius 2 is 1.81 bits per heavy atom. The Hall–Kier alpha value is 0.250. The van der Waals surface area contributed by atoms with E-state index in [1.54, 1.807) is 0 Å². The summed E-state index contributed by atoms with van der Waals surface area (Å²) in [5.41, 5.74) is 1.94. The fourth-order valence-corrected chi connectivity index (χ4v) is 2.97. The van der Waals surface area contributed by atoms with Crippen LogP contribution in [0.3, 0.4) is 0 Å². The molecule has 0 unspecified atom stereocenters. The molecule has 0 bridgehead atoms. The van der Waals surface area contributed by atoms with Gasteiger partial charge in [0.1, 0.15) is 5.75 Å². The Labute approximate surface area is 154 Å². The summed E-state index contributed by atoms with van der Waals surface area (Å²) >= 11 is 2.29. The van der Waals surface area contributed by atoms with Gasteiger partial charge in [0.2, 0.25) is 0 Å². The van der Waals surface area contributed by atoms with E-state index in [9.17, 15) is 5.11 Å². The lowest BCUT2D eigenvalue weighted by atomic mass is 10.1. The van der Waals surface area contributed by atoms with Crippen molar-refractivity contribution in [2.45, 2.75) is 33.7 Å². The molecular formula is C15H27Cl2IN2O. The van der Waals surface area contributed by atoms with Gasteiger partial charge in [0.05, 0.1) is 0 Å². The Morgan fingerprint density at radius 1 is 1.19 bits per heavy atom. The first kappa shape index (κ1) is 23.5. The van der Waals surface area contributed by atoms with Crippen LogP contribution in [0.4, 0.5) is 0 Å². The fourth-order valence-electron chi connectivity index (χ4n) is 2.13. The Morgan fingerprint density at radius 3 is 2.38 bits per heavy atom. The van der Waals surface area contributed by atoms with E-state index < -0.39 is 0 Å². The molecule has 0 radical (unpaired) electrons. The monoisotopic (exact) mass is 448 g/mol. The highest BCUT2D eigenvalue weighted by Gasteiger charge is 2.05. The van der Waals surface area contributed by atoms with E-state index in [1.807, 2.05) is 19.1 Å². The van der Waals surface area contributed by atoms with Crippen molar-refractivity contribution < 1.29 is 5.11 Å². The molecule has 0 atom stereocenters. The van der Waals surface area contributed by atoms with Gasteiger partial charge in [-0.1, -0.05) is 13.8 Å². The minimum Gasteiger partial charge on any atom is -0.507 e. The Balaban J connectivity index is 0. The van der Waals surface area contributed by atoms with Crippen molar-refractivity contribution in [3.05, 3.63) is 26.8 Å². The summed E-state index contributed by atoms with van der Waals surface area (Å²) in [7, 11) is 0. The molecule has 0 aliphatic rings. The summed E-state index contributed by atoms with van der Waals surface area (Å²) in [6.45, 7) is 11.4. The predicted octanol–water partition coefficient (Wildman–Crippen LogP) is 3.97. The number of aryl methyl sites for hydroxylation is 1. The molecule has 124 valence electrons. The summed E-state index contributed by atoms with van der Waals surface area (Å²) in [4.78, 5) is 2.43. The number of phenolic OH excluding ortho intramolecular Hbond substituents is 1. The lowest BCUT2D eigenvalue weighted by Gasteiger charge is -2.17. The van der Waals surface area contributed by atoms with Gasteiger partial charge >= 0.3 is 0 Å². The molecule has 21 heavy (non-hydrogen) atoms. The molecule has 1 rings (SSSR count). The molecule has 2 N–H and O–H groups in total. The van der Waals surface area contributed by atoms with Gasteiger partial charge in [0, 0.05) is 15.7 Å². The third kappa shape index (κ3) is 8.45. The van der Waals surface area contributed by atoms with Crippen molar-refractivity contribution in [2.75, 3.05) is 26.2 Å². The van der Waals surface area contributed by atoms with Gasteiger partial charge in [-0.25, -0.2) is 0 Å². The van der Waals surface area contributed by atoms with E-state index in [4.69, 9.17) is 0 Å². The highest BCUT2D eigenvalue weighted by Crippen LogP contribution is 2.24. The normalized spacial score (nSPS) is 10.1. The maximum absolute atomic E-state index is 9.99. The number of aromatic hydroxyl groups is 1. The Kier molecular flexibility index (Phi) is 14.3. The minimum absolute atomic E-state index is 0. The van der Waals surface area contributed by atoms with Crippen LogP contribution in [0.25, 0.3) is 0 Å². The van der Waals surface area contributed by atoms with Crippen molar-refractivity contribution in [3.63, 3.8) is 0 Å². The number of hydrogen-bond acceptors (Lipinski definition) is 3. The highest BCUT2D eigenvalue weighted by atomic mass is 127. The Bertz CT molecular complexity index is 402. The number of halogens is 3. The van der Waals surface area contributed by atoms with Crippen molar-refractivity contribution >= 4 is 47.4 Å². The van der Waals surface area contributed by atoms with Crippen molar-refractivity contribution in [2.24, 2.45) is 0 Å². The maximum Gasteiger partial charge on any atom is 0.123 e. The van der Waals surface area contributed by atoms with Gasteiger partial charge < -0.3 is 15.3 Å². The quantitative estimate of drug-likeness (QED) is 0.466. The van der Waals surface area contributed by atoms with Crippen LogP contribution in [-0.2, 0) is 6.54 Å². The highest BCUT2D eigenvalue weighted by molar-refractivity contribution is 14.1. The van der Waals surface area contributed by atoms with Gasteiger partial charge in [-0.15, -0.1) is 24.8 Å². The van der Waals surface area contributed by atoms with Crippen molar-refractivity contribution in [1.82, 2.24) is 10.2 Å². The molecule has 0 fully saturated rings. The van der Waals surface area contributed by atoms with E-state index in [0.717, 1.165) is 50.3 Å². The molecule has 0 spiro atoms. The molecule has 3 nitrogen and oxygen atoms in total. The molecule has 1 aromatic carbocycles. The first-order valence-corrected chi connectivity index (χ1v) is 8.07. The zero-order valence-electron chi connectivity index (χ0n) is 13.0. The largest absolute Gasteiger partial charge is 0.507 e. The lowest BCUT2D eigenvalue weighted by molar-refractivity contribution is 0.298. The molecular weight excluding hydrogens is 422 g/mol. The maximum atomic E-state index is 9.99. The number of nitrogens with one attached hydrogen (secondary N) is 1. The average Bonchev–Trinajstić information content (AvgIpc) is 2.39. The molecule has 6 heteroatoms. The standard InChI is InChI=1S/C15H25IN2O.2ClH/c1-4-18(5-2)8-6-7-17-11-13-10-14(16)9-12(3)15(13)19;;/h9-10,17,19H,4-8,11H2,1-3H3;2*1H. The van der Waals surface area contributed by atoms with Crippen LogP contribution < -0.4 is 5.32 Å². The molecule has 0 aromatic heterocycles. The topological polar surface area (TPSA) is 35.5 Å². The first-order valence-electron chi connectivity index (χ1n) is 6.99. The molecule has 0 aliphatic carbocycles. The molecule has 0 aliphatic heterocycles. The number of phenols is 1. The number of rotatable bonds is 8. The molecule has 1 aromatic rings. The van der Waals surface area contributed by atoms with Gasteiger partial charge in [-0.2, -0.15) is 0 Å². The zero-order chi connectivity index (χ0) is 14.3. The van der Waals surface area contributed by atoms with E-state index in [0.29, 0.717) is 5.75 Å². The first-order chi connectivity index (χ1) is 9.08. The smallest absolute Gasteiger partial charge is 0.123 e. The minimum atomic E-state index is 0. The second-order valence-electron chi connectivity index (χ2n) is 4.79. The van der Waals surface area contributed by atoms with Crippen molar-refractivity contribution in [1.29, 1.82) is 0 Å². The molecule has 0 amide bonds. The second-order valence-corrected chi connectivity index (χ2v) is 6.03. The van der Waals surface area contributed by atoms with E-state index in [1.165, 1.54) is 3.57 Å². The van der Waals surface area contributed by atoms with Gasteiger partial charge in [0.15, 0.2) is 0 Å². The van der Waals surface area contributed by atoms with Crippen LogP contribution >= 0.6 is 47.4 Å². The van der Waals surface area contributed by atoms with Gasteiger partial charge in [0.25, 0.3) is 0 Å². The number of hydrogen-bond donors (Lipinski definition) is 2. The van der Waals surface area contributed by atoms with Gasteiger partial charge in [-0.05, 0) is 79.8 Å². The SMILES string of the molecule is CCN(CC)CCCNCc1cc(I)cc(C)c1O.Cl.Cl. The van der Waals surface area contributed by atoms with Crippen LogP contribution in [-0.4, -0.2) is 36.2 Å². The third-order valence-corrected chi connectivity index (χ3v) is 4.00. The zero-order valence-corrected chi connectivity index (χ0v) is 16.8. The summed E-state index contributed by atoms with van der Waals surface area (Å²) in [5.74, 6) is 0.427. The van der Waals surface area contributed by atoms with E-state index >= 15 is 0 Å². The average molecular weight is 449 g/mol. The van der Waals surface area contributed by atoms with Gasteiger partial charge in [-0.3, -0.25) is 0 Å². The second kappa shape index (κ2) is 12.8. The number of benzene rings is 1. The van der Waals surface area contributed by atoms with Crippen LogP contribution in [0.15, 0.2) is 12.1 Å². The molecule has 0 heterocycles. The van der Waals surface area contributed by atoms with E-state index in [-0.39, 0.29) is 24.8 Å². The molecule has 0 saturated carbocycles. The van der Waals surface area contributed by atoms with Crippen LogP contribution in [0.1, 0.15) is 31.4 Å². The van der Waals surface area contributed by atoms with Crippen molar-refractivity contribution in [3.8, 4) is 5.75 Å². The summed E-state index contributed by atoms with van der Waals surface area (Å²) in [6.07, 6.45) is 1.14. The van der Waals surface area contributed by atoms with Crippen LogP contribution in [0, 0.1) is 10.5 Å². The van der Waals surface area contributed by atoms with Crippen LogP contribution in [0.2, 0.25) is 0 Å². The lowest BCUT2D eigenvalue weighted by Crippen LogP contribution is -2.27. The summed E-state index contributed by atoms with van der Waals surface area (Å²) < 4.78 is 1.17.